The summed E-state index contributed by atoms with van der Waals surface area (Å²) in [5.74, 6) is -0.109. The molecule has 1 N–H and O–H groups in total. The number of hydrogen-bond donors (Lipinski definition) is 1. The second-order valence-corrected chi connectivity index (χ2v) is 6.31. The molecule has 0 amide bonds. The maximum absolute atomic E-state index is 13.4. The summed E-state index contributed by atoms with van der Waals surface area (Å²) in [4.78, 5) is 12.0. The minimum absolute atomic E-state index is 0.109. The van der Waals surface area contributed by atoms with E-state index < -0.39 is 11.9 Å². The van der Waals surface area contributed by atoms with Crippen molar-refractivity contribution in [2.75, 3.05) is 0 Å². The SMILES string of the molecule is FC(F)(F)c1cc(-c2ccc(Cl)cc2)nc(-c2cc(-c3cccnc3)n[nH]2)n1. The van der Waals surface area contributed by atoms with Gasteiger partial charge in [-0.05, 0) is 36.4 Å². The molecule has 0 saturated heterocycles. The van der Waals surface area contributed by atoms with Gasteiger partial charge >= 0.3 is 6.18 Å². The Bertz CT molecular complexity index is 1110. The molecule has 4 aromatic rings. The zero-order chi connectivity index (χ0) is 19.7. The molecule has 0 unspecified atom stereocenters. The summed E-state index contributed by atoms with van der Waals surface area (Å²) in [6.07, 6.45) is -1.40. The third-order valence-corrected chi connectivity index (χ3v) is 4.18. The molecule has 5 nitrogen and oxygen atoms in total. The average molecular weight is 402 g/mol. The van der Waals surface area contributed by atoms with Gasteiger partial charge in [0.25, 0.3) is 0 Å². The van der Waals surface area contributed by atoms with Gasteiger partial charge < -0.3 is 0 Å². The van der Waals surface area contributed by atoms with Gasteiger partial charge in [-0.3, -0.25) is 10.1 Å². The Hall–Kier alpha value is -3.26. The summed E-state index contributed by atoms with van der Waals surface area (Å²) in [5.41, 5.74) is 1.09. The molecule has 0 aliphatic rings. The van der Waals surface area contributed by atoms with Gasteiger partial charge in [0.2, 0.25) is 0 Å². The van der Waals surface area contributed by atoms with E-state index in [1.165, 1.54) is 0 Å². The van der Waals surface area contributed by atoms with Crippen LogP contribution in [0.25, 0.3) is 34.0 Å². The molecule has 0 aliphatic carbocycles. The van der Waals surface area contributed by atoms with E-state index in [0.29, 0.717) is 16.3 Å². The molecule has 140 valence electrons. The van der Waals surface area contributed by atoms with Gasteiger partial charge in [0.1, 0.15) is 11.4 Å². The largest absolute Gasteiger partial charge is 0.433 e. The summed E-state index contributed by atoms with van der Waals surface area (Å²) < 4.78 is 40.1. The third-order valence-electron chi connectivity index (χ3n) is 3.93. The fourth-order valence-corrected chi connectivity index (χ4v) is 2.71. The lowest BCUT2D eigenvalue weighted by Crippen LogP contribution is -2.10. The van der Waals surface area contributed by atoms with Gasteiger partial charge in [0.15, 0.2) is 5.82 Å². The normalized spacial score (nSPS) is 11.6. The average Bonchev–Trinajstić information content (AvgIpc) is 3.18. The standard InChI is InChI=1S/C19H11ClF3N5/c20-13-5-3-11(4-6-13)14-9-17(19(21,22)23)26-18(25-14)16-8-15(27-28-16)12-2-1-7-24-10-12/h1-10H,(H,27,28). The van der Waals surface area contributed by atoms with Crippen LogP contribution in [0.5, 0.6) is 0 Å². The van der Waals surface area contributed by atoms with Crippen LogP contribution in [-0.4, -0.2) is 25.1 Å². The Morgan fingerprint density at radius 3 is 2.36 bits per heavy atom. The molecule has 9 heteroatoms. The molecule has 0 spiro atoms. The third kappa shape index (κ3) is 3.72. The summed E-state index contributed by atoms with van der Waals surface area (Å²) in [7, 11) is 0. The van der Waals surface area contributed by atoms with Gasteiger partial charge in [-0.15, -0.1) is 0 Å². The van der Waals surface area contributed by atoms with Crippen LogP contribution in [0, 0.1) is 0 Å². The molecule has 0 bridgehead atoms. The van der Waals surface area contributed by atoms with Crippen LogP contribution in [0.4, 0.5) is 13.2 Å². The van der Waals surface area contributed by atoms with Crippen LogP contribution in [0.3, 0.4) is 0 Å². The topological polar surface area (TPSA) is 67.3 Å². The Morgan fingerprint density at radius 1 is 0.893 bits per heavy atom. The van der Waals surface area contributed by atoms with E-state index in [1.807, 2.05) is 0 Å². The first-order valence-corrected chi connectivity index (χ1v) is 8.46. The van der Waals surface area contributed by atoms with Crippen LogP contribution in [-0.2, 0) is 6.18 Å². The number of rotatable bonds is 3. The Kier molecular flexibility index (Phi) is 4.56. The smallest absolute Gasteiger partial charge is 0.274 e. The predicted molar refractivity (Wildman–Crippen MR) is 98.3 cm³/mol. The number of aromatic nitrogens is 5. The maximum atomic E-state index is 13.4. The van der Waals surface area contributed by atoms with Crippen molar-refractivity contribution in [1.82, 2.24) is 25.1 Å². The first-order valence-electron chi connectivity index (χ1n) is 8.08. The number of benzene rings is 1. The minimum atomic E-state index is -4.62. The van der Waals surface area contributed by atoms with Crippen LogP contribution in [0.1, 0.15) is 5.69 Å². The van der Waals surface area contributed by atoms with Crippen molar-refractivity contribution in [3.05, 3.63) is 71.6 Å². The Labute approximate surface area is 162 Å². The highest BCUT2D eigenvalue weighted by Crippen LogP contribution is 2.32. The lowest BCUT2D eigenvalue weighted by molar-refractivity contribution is -0.141. The molecular weight excluding hydrogens is 391 g/mol. The van der Waals surface area contributed by atoms with Gasteiger partial charge in [-0.1, -0.05) is 23.7 Å². The Balaban J connectivity index is 1.81. The van der Waals surface area contributed by atoms with E-state index in [0.717, 1.165) is 11.6 Å². The van der Waals surface area contributed by atoms with Gasteiger partial charge in [0.05, 0.1) is 11.4 Å². The zero-order valence-electron chi connectivity index (χ0n) is 14.1. The molecule has 0 radical (unpaired) electrons. The number of halogens is 4. The number of H-pyrrole nitrogens is 1. The van der Waals surface area contributed by atoms with Crippen molar-refractivity contribution in [3.63, 3.8) is 0 Å². The molecule has 0 aliphatic heterocycles. The van der Waals surface area contributed by atoms with E-state index >= 15 is 0 Å². The molecular formula is C19H11ClF3N5. The molecule has 0 saturated carbocycles. The number of nitrogens with one attached hydrogen (secondary N) is 1. The van der Waals surface area contributed by atoms with Gasteiger partial charge in [-0.25, -0.2) is 9.97 Å². The van der Waals surface area contributed by atoms with Crippen LogP contribution >= 0.6 is 11.6 Å². The monoisotopic (exact) mass is 401 g/mol. The van der Waals surface area contributed by atoms with Crippen molar-refractivity contribution in [3.8, 4) is 34.0 Å². The molecule has 4 rings (SSSR count). The number of alkyl halides is 3. The van der Waals surface area contributed by atoms with Crippen LogP contribution in [0.15, 0.2) is 60.9 Å². The van der Waals surface area contributed by atoms with Crippen molar-refractivity contribution in [2.24, 2.45) is 0 Å². The van der Waals surface area contributed by atoms with E-state index in [1.54, 1.807) is 54.9 Å². The fourth-order valence-electron chi connectivity index (χ4n) is 2.58. The van der Waals surface area contributed by atoms with Gasteiger partial charge in [0, 0.05) is 28.5 Å². The van der Waals surface area contributed by atoms with Crippen molar-refractivity contribution < 1.29 is 13.2 Å². The lowest BCUT2D eigenvalue weighted by atomic mass is 10.1. The zero-order valence-corrected chi connectivity index (χ0v) is 14.8. The summed E-state index contributed by atoms with van der Waals surface area (Å²) >= 11 is 5.86. The van der Waals surface area contributed by atoms with E-state index in [2.05, 4.69) is 25.1 Å². The lowest BCUT2D eigenvalue weighted by Gasteiger charge is -2.10. The maximum Gasteiger partial charge on any atom is 0.433 e. The summed E-state index contributed by atoms with van der Waals surface area (Å²) in [6.45, 7) is 0. The van der Waals surface area contributed by atoms with Crippen LogP contribution in [0.2, 0.25) is 5.02 Å². The molecule has 0 atom stereocenters. The van der Waals surface area contributed by atoms with E-state index in [9.17, 15) is 13.2 Å². The summed E-state index contributed by atoms with van der Waals surface area (Å²) in [6, 6.07) is 12.4. The highest BCUT2D eigenvalue weighted by Gasteiger charge is 2.34. The second-order valence-electron chi connectivity index (χ2n) is 5.88. The molecule has 28 heavy (non-hydrogen) atoms. The van der Waals surface area contributed by atoms with Crippen LogP contribution < -0.4 is 0 Å². The second kappa shape index (κ2) is 7.05. The highest BCUT2D eigenvalue weighted by atomic mass is 35.5. The quantitative estimate of drug-likeness (QED) is 0.508. The molecule has 3 aromatic heterocycles. The molecule has 0 fully saturated rings. The highest BCUT2D eigenvalue weighted by molar-refractivity contribution is 6.30. The minimum Gasteiger partial charge on any atom is -0.274 e. The number of nitrogens with zero attached hydrogens (tertiary/aromatic N) is 4. The number of aromatic amines is 1. The number of pyridine rings is 1. The number of hydrogen-bond acceptors (Lipinski definition) is 4. The molecule has 1 aromatic carbocycles. The van der Waals surface area contributed by atoms with Crippen molar-refractivity contribution in [2.45, 2.75) is 6.18 Å². The first kappa shape index (κ1) is 18.1. The van der Waals surface area contributed by atoms with E-state index in [4.69, 9.17) is 11.6 Å². The van der Waals surface area contributed by atoms with Crippen molar-refractivity contribution in [1.29, 1.82) is 0 Å². The summed E-state index contributed by atoms with van der Waals surface area (Å²) in [5, 5.41) is 7.30. The van der Waals surface area contributed by atoms with E-state index in [-0.39, 0.29) is 17.2 Å². The molecule has 3 heterocycles. The first-order chi connectivity index (χ1) is 13.4. The Morgan fingerprint density at radius 2 is 1.68 bits per heavy atom. The predicted octanol–water partition coefficient (Wildman–Crippen LogP) is 5.27. The fraction of sp³-hybridized carbons (Fsp3) is 0.0526. The van der Waals surface area contributed by atoms with Crippen molar-refractivity contribution >= 4 is 11.6 Å². The van der Waals surface area contributed by atoms with Gasteiger partial charge in [-0.2, -0.15) is 18.3 Å².